The molecule has 0 radical (unpaired) electrons. The number of carbonyl (C=O) groups excluding carboxylic acids is 1. The van der Waals surface area contributed by atoms with Crippen LogP contribution in [0, 0.1) is 6.92 Å². The van der Waals surface area contributed by atoms with Crippen LogP contribution in [0.25, 0.3) is 22.2 Å². The van der Waals surface area contributed by atoms with Crippen molar-refractivity contribution in [2.45, 2.75) is 6.92 Å². The van der Waals surface area contributed by atoms with E-state index in [0.717, 1.165) is 27.7 Å². The van der Waals surface area contributed by atoms with Gasteiger partial charge in [-0.25, -0.2) is 10.4 Å². The molecule has 4 aromatic rings. The maximum absolute atomic E-state index is 13.1. The van der Waals surface area contributed by atoms with Gasteiger partial charge in [-0.3, -0.25) is 4.79 Å². The lowest BCUT2D eigenvalue weighted by Crippen LogP contribution is -2.18. The summed E-state index contributed by atoms with van der Waals surface area (Å²) in [6, 6.07) is 22.9. The molecule has 1 amide bonds. The van der Waals surface area contributed by atoms with Crippen LogP contribution in [-0.4, -0.2) is 31.3 Å². The topological polar surface area (TPSA) is 72.8 Å². The summed E-state index contributed by atoms with van der Waals surface area (Å²) in [6.45, 7) is 2.03. The summed E-state index contributed by atoms with van der Waals surface area (Å²) in [5, 5.41) is 4.90. The molecule has 0 atom stereocenters. The standard InChI is InChI=1S/C26H23N3O3/c1-17-11-13-18(14-12-17)23-15-21(20-8-4-5-9-22(20)28-23)26(30)29-27-16-19-7-6-10-24(31-2)25(19)32-3/h4-16H,1-3H3,(H,29,30)/b27-16+. The van der Waals surface area contributed by atoms with Crippen molar-refractivity contribution in [2.24, 2.45) is 5.10 Å². The second-order valence-corrected chi connectivity index (χ2v) is 7.22. The van der Waals surface area contributed by atoms with E-state index >= 15 is 0 Å². The van der Waals surface area contributed by atoms with Crippen LogP contribution in [0.1, 0.15) is 21.5 Å². The zero-order valence-electron chi connectivity index (χ0n) is 18.1. The zero-order chi connectivity index (χ0) is 22.5. The normalized spacial score (nSPS) is 11.0. The molecule has 160 valence electrons. The smallest absolute Gasteiger partial charge is 0.272 e. The van der Waals surface area contributed by atoms with Gasteiger partial charge in [-0.1, -0.05) is 54.1 Å². The number of benzene rings is 3. The van der Waals surface area contributed by atoms with E-state index in [0.29, 0.717) is 22.6 Å². The molecule has 0 unspecified atom stereocenters. The van der Waals surface area contributed by atoms with Crippen molar-refractivity contribution in [3.8, 4) is 22.8 Å². The highest BCUT2D eigenvalue weighted by molar-refractivity contribution is 6.07. The first-order chi connectivity index (χ1) is 15.6. The lowest BCUT2D eigenvalue weighted by atomic mass is 10.0. The van der Waals surface area contributed by atoms with Gasteiger partial charge in [0.1, 0.15) is 0 Å². The van der Waals surface area contributed by atoms with Gasteiger partial charge in [-0.05, 0) is 31.2 Å². The largest absolute Gasteiger partial charge is 0.493 e. The van der Waals surface area contributed by atoms with Crippen molar-refractivity contribution in [1.29, 1.82) is 0 Å². The molecule has 6 nitrogen and oxygen atoms in total. The maximum Gasteiger partial charge on any atom is 0.272 e. The van der Waals surface area contributed by atoms with Crippen LogP contribution in [0.3, 0.4) is 0 Å². The highest BCUT2D eigenvalue weighted by Gasteiger charge is 2.14. The SMILES string of the molecule is COc1cccc(/C=N/NC(=O)c2cc(-c3ccc(C)cc3)nc3ccccc23)c1OC. The minimum Gasteiger partial charge on any atom is -0.493 e. The quantitative estimate of drug-likeness (QED) is 0.349. The third-order valence-electron chi connectivity index (χ3n) is 5.11. The van der Waals surface area contributed by atoms with Crippen molar-refractivity contribution in [2.75, 3.05) is 14.2 Å². The van der Waals surface area contributed by atoms with E-state index in [2.05, 4.69) is 10.5 Å². The lowest BCUT2D eigenvalue weighted by molar-refractivity contribution is 0.0956. The average molecular weight is 425 g/mol. The third-order valence-corrected chi connectivity index (χ3v) is 5.11. The van der Waals surface area contributed by atoms with E-state index in [4.69, 9.17) is 14.5 Å². The Morgan fingerprint density at radius 1 is 0.969 bits per heavy atom. The summed E-state index contributed by atoms with van der Waals surface area (Å²) in [5.74, 6) is 0.810. The second kappa shape index (κ2) is 9.31. The first-order valence-corrected chi connectivity index (χ1v) is 10.1. The van der Waals surface area contributed by atoms with Crippen molar-refractivity contribution in [3.05, 3.63) is 89.5 Å². The van der Waals surface area contributed by atoms with Crippen LogP contribution >= 0.6 is 0 Å². The number of carbonyl (C=O) groups is 1. The number of amides is 1. The lowest BCUT2D eigenvalue weighted by Gasteiger charge is -2.10. The van der Waals surface area contributed by atoms with Gasteiger partial charge < -0.3 is 9.47 Å². The predicted molar refractivity (Wildman–Crippen MR) is 127 cm³/mol. The number of nitrogens with one attached hydrogen (secondary N) is 1. The molecule has 4 rings (SSSR count). The fourth-order valence-electron chi connectivity index (χ4n) is 3.47. The molecule has 0 fully saturated rings. The Labute approximate surface area is 186 Å². The molecule has 0 aliphatic heterocycles. The van der Waals surface area contributed by atoms with Crippen LogP contribution in [-0.2, 0) is 0 Å². The van der Waals surface area contributed by atoms with Gasteiger partial charge >= 0.3 is 0 Å². The van der Waals surface area contributed by atoms with Crippen LogP contribution in [0.15, 0.2) is 77.9 Å². The number of aromatic nitrogens is 1. The Kier molecular flexibility index (Phi) is 6.12. The van der Waals surface area contributed by atoms with Gasteiger partial charge in [0.25, 0.3) is 5.91 Å². The predicted octanol–water partition coefficient (Wildman–Crippen LogP) is 4.99. The highest BCUT2D eigenvalue weighted by Crippen LogP contribution is 2.29. The number of aryl methyl sites for hydroxylation is 1. The van der Waals surface area contributed by atoms with Gasteiger partial charge in [-0.2, -0.15) is 5.10 Å². The molecule has 1 heterocycles. The molecule has 0 aliphatic rings. The Morgan fingerprint density at radius 2 is 1.75 bits per heavy atom. The number of rotatable bonds is 6. The number of fused-ring (bicyclic) bond motifs is 1. The number of pyridine rings is 1. The van der Waals surface area contributed by atoms with E-state index in [1.54, 1.807) is 26.4 Å². The van der Waals surface area contributed by atoms with Crippen LogP contribution in [0.2, 0.25) is 0 Å². The van der Waals surface area contributed by atoms with Crippen molar-refractivity contribution in [1.82, 2.24) is 10.4 Å². The molecule has 6 heteroatoms. The number of hydrogen-bond donors (Lipinski definition) is 1. The Hall–Kier alpha value is -4.19. The molecule has 0 spiro atoms. The molecule has 32 heavy (non-hydrogen) atoms. The molecule has 0 saturated carbocycles. The fraction of sp³-hybridized carbons (Fsp3) is 0.115. The number of ether oxygens (including phenoxy) is 2. The zero-order valence-corrected chi connectivity index (χ0v) is 18.1. The molecule has 1 aromatic heterocycles. The van der Waals surface area contributed by atoms with E-state index in [1.807, 2.05) is 67.6 Å². The highest BCUT2D eigenvalue weighted by atomic mass is 16.5. The van der Waals surface area contributed by atoms with E-state index in [1.165, 1.54) is 6.21 Å². The second-order valence-electron chi connectivity index (χ2n) is 7.22. The van der Waals surface area contributed by atoms with Crippen molar-refractivity contribution in [3.63, 3.8) is 0 Å². The Bertz CT molecular complexity index is 1300. The summed E-state index contributed by atoms with van der Waals surface area (Å²) in [6.07, 6.45) is 1.53. The minimum atomic E-state index is -0.324. The Morgan fingerprint density at radius 3 is 2.50 bits per heavy atom. The molecule has 0 bridgehead atoms. The van der Waals surface area contributed by atoms with Crippen LogP contribution in [0.4, 0.5) is 0 Å². The number of methoxy groups -OCH3 is 2. The number of para-hydroxylation sites is 2. The van der Waals surface area contributed by atoms with Gasteiger partial charge in [0.15, 0.2) is 11.5 Å². The van der Waals surface area contributed by atoms with Gasteiger partial charge in [0.2, 0.25) is 0 Å². The minimum absolute atomic E-state index is 0.324. The summed E-state index contributed by atoms with van der Waals surface area (Å²) >= 11 is 0. The van der Waals surface area contributed by atoms with Crippen LogP contribution < -0.4 is 14.9 Å². The molecule has 0 aliphatic carbocycles. The molecular formula is C26H23N3O3. The molecule has 0 saturated heterocycles. The van der Waals surface area contributed by atoms with Crippen molar-refractivity contribution < 1.29 is 14.3 Å². The number of hydrazone groups is 1. The fourth-order valence-corrected chi connectivity index (χ4v) is 3.47. The Balaban J connectivity index is 1.66. The van der Waals surface area contributed by atoms with E-state index in [-0.39, 0.29) is 5.91 Å². The summed E-state index contributed by atoms with van der Waals surface area (Å²) < 4.78 is 10.7. The number of nitrogens with zero attached hydrogens (tertiary/aromatic N) is 2. The molecule has 1 N–H and O–H groups in total. The molecule has 3 aromatic carbocycles. The summed E-state index contributed by atoms with van der Waals surface area (Å²) in [5.41, 5.74) is 7.39. The van der Waals surface area contributed by atoms with Crippen LogP contribution in [0.5, 0.6) is 11.5 Å². The average Bonchev–Trinajstić information content (AvgIpc) is 2.83. The van der Waals surface area contributed by atoms with Gasteiger partial charge in [0.05, 0.1) is 37.2 Å². The van der Waals surface area contributed by atoms with Crippen molar-refractivity contribution >= 4 is 23.0 Å². The van der Waals surface area contributed by atoms with Gasteiger partial charge in [0, 0.05) is 16.5 Å². The third kappa shape index (κ3) is 4.30. The first kappa shape index (κ1) is 21.1. The summed E-state index contributed by atoms with van der Waals surface area (Å²) in [4.78, 5) is 17.8. The monoisotopic (exact) mass is 425 g/mol. The summed E-state index contributed by atoms with van der Waals surface area (Å²) in [7, 11) is 3.13. The van der Waals surface area contributed by atoms with E-state index < -0.39 is 0 Å². The van der Waals surface area contributed by atoms with Gasteiger partial charge in [-0.15, -0.1) is 0 Å². The molecular weight excluding hydrogens is 402 g/mol. The number of hydrogen-bond acceptors (Lipinski definition) is 5. The maximum atomic E-state index is 13.1. The first-order valence-electron chi connectivity index (χ1n) is 10.1. The van der Waals surface area contributed by atoms with E-state index in [9.17, 15) is 4.79 Å².